The minimum absolute atomic E-state index is 0.0273. The first-order valence-corrected chi connectivity index (χ1v) is 9.72. The van der Waals surface area contributed by atoms with Gasteiger partial charge in [0.1, 0.15) is 0 Å². The summed E-state index contributed by atoms with van der Waals surface area (Å²) in [6.45, 7) is 12.8. The molecule has 2 fully saturated rings. The maximum Gasteiger partial charge on any atom is 0.239 e. The van der Waals surface area contributed by atoms with E-state index in [-0.39, 0.29) is 11.9 Å². The van der Waals surface area contributed by atoms with Crippen LogP contribution in [0.4, 0.5) is 5.69 Å². The van der Waals surface area contributed by atoms with Crippen LogP contribution in [0, 0.1) is 0 Å². The highest BCUT2D eigenvalue weighted by Crippen LogP contribution is 2.20. The quantitative estimate of drug-likeness (QED) is 0.817. The van der Waals surface area contributed by atoms with Crippen LogP contribution in [0.3, 0.4) is 0 Å². The van der Waals surface area contributed by atoms with Crippen molar-refractivity contribution in [2.45, 2.75) is 19.9 Å². The van der Waals surface area contributed by atoms with Gasteiger partial charge < -0.3 is 14.7 Å². The Bertz CT molecular complexity index is 563. The molecule has 1 atom stereocenters. The topological polar surface area (TPSA) is 30.0 Å². The third-order valence-corrected chi connectivity index (χ3v) is 5.79. The van der Waals surface area contributed by atoms with Gasteiger partial charge in [-0.25, -0.2) is 0 Å². The number of anilines is 1. The van der Waals surface area contributed by atoms with Crippen molar-refractivity contribution in [3.05, 3.63) is 29.3 Å². The number of halogens is 1. The number of piperazine rings is 2. The normalized spacial score (nSPS) is 21.4. The molecular weight excluding hydrogens is 336 g/mol. The van der Waals surface area contributed by atoms with Crippen molar-refractivity contribution < 1.29 is 4.79 Å². The van der Waals surface area contributed by atoms with Crippen LogP contribution in [0.2, 0.25) is 5.02 Å². The zero-order chi connectivity index (χ0) is 17.8. The number of benzene rings is 1. The van der Waals surface area contributed by atoms with E-state index in [1.165, 1.54) is 5.69 Å². The molecule has 2 saturated heterocycles. The lowest BCUT2D eigenvalue weighted by Gasteiger charge is -2.41. The number of carbonyl (C=O) groups excluding carboxylic acids is 1. The molecule has 0 aliphatic carbocycles. The van der Waals surface area contributed by atoms with Gasteiger partial charge in [-0.05, 0) is 37.7 Å². The summed E-state index contributed by atoms with van der Waals surface area (Å²) in [6.07, 6.45) is 0. The van der Waals surface area contributed by atoms with Crippen LogP contribution in [0.15, 0.2) is 24.3 Å². The van der Waals surface area contributed by atoms with Crippen molar-refractivity contribution in [2.75, 3.05) is 63.8 Å². The van der Waals surface area contributed by atoms with E-state index in [4.69, 9.17) is 11.6 Å². The molecule has 0 spiro atoms. The third kappa shape index (κ3) is 4.46. The second kappa shape index (κ2) is 8.39. The minimum atomic E-state index is -0.0273. The Morgan fingerprint density at radius 2 is 1.60 bits per heavy atom. The van der Waals surface area contributed by atoms with Gasteiger partial charge in [0.05, 0.1) is 6.04 Å². The average molecular weight is 365 g/mol. The van der Waals surface area contributed by atoms with Crippen LogP contribution in [-0.4, -0.2) is 85.6 Å². The Balaban J connectivity index is 1.50. The largest absolute Gasteiger partial charge is 0.369 e. The van der Waals surface area contributed by atoms with Gasteiger partial charge in [-0.3, -0.25) is 9.69 Å². The molecule has 0 N–H and O–H groups in total. The van der Waals surface area contributed by atoms with E-state index in [2.05, 4.69) is 40.7 Å². The fourth-order valence-corrected chi connectivity index (χ4v) is 3.85. The molecule has 2 aliphatic rings. The van der Waals surface area contributed by atoms with E-state index >= 15 is 0 Å². The van der Waals surface area contributed by atoms with Crippen LogP contribution in [0.5, 0.6) is 0 Å². The van der Waals surface area contributed by atoms with E-state index in [1.807, 2.05) is 17.0 Å². The zero-order valence-corrected chi connectivity index (χ0v) is 16.1. The van der Waals surface area contributed by atoms with Gasteiger partial charge in [-0.15, -0.1) is 0 Å². The molecule has 1 amide bonds. The van der Waals surface area contributed by atoms with Gasteiger partial charge in [0.25, 0.3) is 0 Å². The van der Waals surface area contributed by atoms with Crippen molar-refractivity contribution in [3.8, 4) is 0 Å². The van der Waals surface area contributed by atoms with E-state index < -0.39 is 0 Å². The SMILES string of the molecule is CCN1CCN(C(=O)C(C)N2CCN(c3ccc(Cl)cc3)CC2)CC1. The lowest BCUT2D eigenvalue weighted by Crippen LogP contribution is -2.57. The molecule has 2 aliphatic heterocycles. The number of hydrogen-bond acceptors (Lipinski definition) is 4. The van der Waals surface area contributed by atoms with Gasteiger partial charge in [0.2, 0.25) is 5.91 Å². The van der Waals surface area contributed by atoms with Crippen LogP contribution in [0.25, 0.3) is 0 Å². The molecule has 2 heterocycles. The predicted molar refractivity (Wildman–Crippen MR) is 103 cm³/mol. The molecule has 25 heavy (non-hydrogen) atoms. The molecule has 1 unspecified atom stereocenters. The highest BCUT2D eigenvalue weighted by atomic mass is 35.5. The number of nitrogens with zero attached hydrogens (tertiary/aromatic N) is 4. The van der Waals surface area contributed by atoms with Crippen LogP contribution in [0.1, 0.15) is 13.8 Å². The molecule has 0 aromatic heterocycles. The first kappa shape index (κ1) is 18.5. The van der Waals surface area contributed by atoms with Gasteiger partial charge in [0.15, 0.2) is 0 Å². The molecule has 1 aromatic carbocycles. The summed E-state index contributed by atoms with van der Waals surface area (Å²) in [5.41, 5.74) is 1.21. The van der Waals surface area contributed by atoms with Gasteiger partial charge >= 0.3 is 0 Å². The molecule has 0 bridgehead atoms. The summed E-state index contributed by atoms with van der Waals surface area (Å²) in [6, 6.07) is 7.98. The molecule has 0 saturated carbocycles. The van der Waals surface area contributed by atoms with E-state index in [0.717, 1.165) is 63.9 Å². The molecular formula is C19H29ClN4O. The molecule has 5 nitrogen and oxygen atoms in total. The van der Waals surface area contributed by atoms with Crippen LogP contribution < -0.4 is 4.90 Å². The van der Waals surface area contributed by atoms with Crippen molar-refractivity contribution in [3.63, 3.8) is 0 Å². The average Bonchev–Trinajstić information content (AvgIpc) is 2.67. The lowest BCUT2D eigenvalue weighted by molar-refractivity contribution is -0.138. The summed E-state index contributed by atoms with van der Waals surface area (Å²) in [5.74, 6) is 0.288. The van der Waals surface area contributed by atoms with Crippen molar-refractivity contribution in [1.29, 1.82) is 0 Å². The van der Waals surface area contributed by atoms with E-state index in [0.29, 0.717) is 0 Å². The highest BCUT2D eigenvalue weighted by Gasteiger charge is 2.30. The maximum absolute atomic E-state index is 12.8. The number of rotatable bonds is 4. The first-order valence-electron chi connectivity index (χ1n) is 9.34. The summed E-state index contributed by atoms with van der Waals surface area (Å²) < 4.78 is 0. The Morgan fingerprint density at radius 3 is 2.16 bits per heavy atom. The molecule has 3 rings (SSSR count). The number of hydrogen-bond donors (Lipinski definition) is 0. The van der Waals surface area contributed by atoms with E-state index in [9.17, 15) is 4.79 Å². The zero-order valence-electron chi connectivity index (χ0n) is 15.3. The molecule has 1 aromatic rings. The van der Waals surface area contributed by atoms with Gasteiger partial charge in [-0.2, -0.15) is 0 Å². The Morgan fingerprint density at radius 1 is 1.00 bits per heavy atom. The molecule has 0 radical (unpaired) electrons. The van der Waals surface area contributed by atoms with Gasteiger partial charge in [0, 0.05) is 63.1 Å². The Hall–Kier alpha value is -1.30. The first-order chi connectivity index (χ1) is 12.1. The molecule has 6 heteroatoms. The van der Waals surface area contributed by atoms with Crippen LogP contribution >= 0.6 is 11.6 Å². The Labute approximate surface area is 156 Å². The second-order valence-corrected chi connectivity index (χ2v) is 7.37. The summed E-state index contributed by atoms with van der Waals surface area (Å²) in [4.78, 5) is 22.0. The number of amides is 1. The van der Waals surface area contributed by atoms with Crippen LogP contribution in [-0.2, 0) is 4.79 Å². The van der Waals surface area contributed by atoms with E-state index in [1.54, 1.807) is 0 Å². The van der Waals surface area contributed by atoms with Crippen molar-refractivity contribution >= 4 is 23.2 Å². The maximum atomic E-state index is 12.8. The monoisotopic (exact) mass is 364 g/mol. The van der Waals surface area contributed by atoms with Crippen molar-refractivity contribution in [1.82, 2.24) is 14.7 Å². The summed E-state index contributed by atoms with van der Waals surface area (Å²) >= 11 is 5.97. The smallest absolute Gasteiger partial charge is 0.239 e. The van der Waals surface area contributed by atoms with Gasteiger partial charge in [-0.1, -0.05) is 18.5 Å². The summed E-state index contributed by atoms with van der Waals surface area (Å²) in [5, 5.41) is 0.768. The Kier molecular flexibility index (Phi) is 6.20. The highest BCUT2D eigenvalue weighted by molar-refractivity contribution is 6.30. The summed E-state index contributed by atoms with van der Waals surface area (Å²) in [7, 11) is 0. The van der Waals surface area contributed by atoms with Crippen molar-refractivity contribution in [2.24, 2.45) is 0 Å². The predicted octanol–water partition coefficient (Wildman–Crippen LogP) is 2.01. The minimum Gasteiger partial charge on any atom is -0.369 e. The fraction of sp³-hybridized carbons (Fsp3) is 0.632. The number of carbonyl (C=O) groups is 1. The second-order valence-electron chi connectivity index (χ2n) is 6.93. The third-order valence-electron chi connectivity index (χ3n) is 5.54. The number of likely N-dealkylation sites (N-methyl/N-ethyl adjacent to an activating group) is 1. The standard InChI is InChI=1S/C19H29ClN4O/c1-3-21-8-10-24(11-9-21)19(25)16(2)22-12-14-23(15-13-22)18-6-4-17(20)5-7-18/h4-7,16H,3,8-15H2,1-2H3. The molecule has 138 valence electrons. The fourth-order valence-electron chi connectivity index (χ4n) is 3.72. The lowest BCUT2D eigenvalue weighted by atomic mass is 10.1.